The van der Waals surface area contributed by atoms with Gasteiger partial charge in [-0.25, -0.2) is 9.78 Å². The van der Waals surface area contributed by atoms with Gasteiger partial charge in [-0.2, -0.15) is 5.10 Å². The third kappa shape index (κ3) is 3.51. The Kier molecular flexibility index (Phi) is 4.88. The molecule has 142 valence electrons. The Bertz CT molecular complexity index is 1150. The molecule has 0 aliphatic carbocycles. The summed E-state index contributed by atoms with van der Waals surface area (Å²) in [5, 5.41) is 4.91. The van der Waals surface area contributed by atoms with Crippen LogP contribution >= 0.6 is 11.6 Å². The maximum absolute atomic E-state index is 12.5. The summed E-state index contributed by atoms with van der Waals surface area (Å²) in [5.41, 5.74) is 3.18. The summed E-state index contributed by atoms with van der Waals surface area (Å²) in [6.07, 6.45) is 2.67. The predicted octanol–water partition coefficient (Wildman–Crippen LogP) is 4.39. The van der Waals surface area contributed by atoms with Crippen LogP contribution in [0.2, 0.25) is 5.02 Å². The average molecular weight is 395 g/mol. The lowest BCUT2D eigenvalue weighted by atomic mass is 10.2. The summed E-state index contributed by atoms with van der Waals surface area (Å²) >= 11 is 6.19. The van der Waals surface area contributed by atoms with Crippen LogP contribution in [0, 0.1) is 0 Å². The molecule has 2 aromatic heterocycles. The topological polar surface area (TPSA) is 61.9 Å². The van der Waals surface area contributed by atoms with Gasteiger partial charge in [0.1, 0.15) is 0 Å². The van der Waals surface area contributed by atoms with Gasteiger partial charge >= 0.3 is 5.97 Å². The third-order valence-electron chi connectivity index (χ3n) is 4.63. The number of benzene rings is 2. The minimum absolute atomic E-state index is 0.387. The van der Waals surface area contributed by atoms with E-state index in [1.165, 1.54) is 6.20 Å². The van der Waals surface area contributed by atoms with Crippen molar-refractivity contribution in [1.29, 1.82) is 0 Å². The Morgan fingerprint density at radius 1 is 1.18 bits per heavy atom. The van der Waals surface area contributed by atoms with Gasteiger partial charge in [-0.05, 0) is 30.7 Å². The number of para-hydroxylation sites is 2. The fourth-order valence-electron chi connectivity index (χ4n) is 3.17. The first-order valence-corrected chi connectivity index (χ1v) is 9.29. The fraction of sp³-hybridized carbons (Fsp3) is 0.190. The van der Waals surface area contributed by atoms with E-state index >= 15 is 0 Å². The second-order valence-corrected chi connectivity index (χ2v) is 6.99. The molecule has 0 N–H and O–H groups in total. The van der Waals surface area contributed by atoms with E-state index in [9.17, 15) is 4.79 Å². The molecule has 0 spiro atoms. The zero-order valence-corrected chi connectivity index (χ0v) is 16.3. The number of carbonyl (C=O) groups is 1. The average Bonchev–Trinajstić information content (AvgIpc) is 3.29. The Balaban J connectivity index is 1.48. The van der Waals surface area contributed by atoms with Gasteiger partial charge in [-0.1, -0.05) is 41.9 Å². The number of fused-ring (bicyclic) bond motifs is 1. The number of nitrogens with zero attached hydrogens (tertiary/aromatic N) is 4. The van der Waals surface area contributed by atoms with Crippen LogP contribution in [0.3, 0.4) is 0 Å². The molecule has 0 saturated heterocycles. The van der Waals surface area contributed by atoms with Crippen molar-refractivity contribution < 1.29 is 9.53 Å². The van der Waals surface area contributed by atoms with E-state index in [4.69, 9.17) is 16.3 Å². The highest BCUT2D eigenvalue weighted by atomic mass is 35.5. The molecule has 7 heteroatoms. The molecule has 28 heavy (non-hydrogen) atoms. The summed E-state index contributed by atoms with van der Waals surface area (Å²) in [5.74, 6) is 0.253. The number of carbonyl (C=O) groups excluding carboxylic acids is 1. The minimum atomic E-state index is -0.489. The van der Waals surface area contributed by atoms with Gasteiger partial charge in [0.25, 0.3) is 0 Å². The lowest BCUT2D eigenvalue weighted by Gasteiger charge is -2.12. The van der Waals surface area contributed by atoms with Crippen LogP contribution in [-0.4, -0.2) is 25.3 Å². The predicted molar refractivity (Wildman–Crippen MR) is 107 cm³/mol. The Labute approximate surface area is 167 Å². The molecule has 0 saturated carbocycles. The van der Waals surface area contributed by atoms with E-state index in [-0.39, 0.29) is 0 Å². The summed E-state index contributed by atoms with van der Waals surface area (Å²) in [6.45, 7) is 2.29. The highest BCUT2D eigenvalue weighted by molar-refractivity contribution is 6.31. The largest absolute Gasteiger partial charge is 0.451 e. The molecule has 0 fully saturated rings. The number of esters is 1. The van der Waals surface area contributed by atoms with Crippen LogP contribution < -0.4 is 0 Å². The van der Waals surface area contributed by atoms with E-state index in [2.05, 4.69) is 10.1 Å². The maximum Gasteiger partial charge on any atom is 0.342 e. The molecule has 6 nitrogen and oxygen atoms in total. The maximum atomic E-state index is 12.5. The van der Waals surface area contributed by atoms with Gasteiger partial charge in [-0.15, -0.1) is 0 Å². The van der Waals surface area contributed by atoms with E-state index in [1.54, 1.807) is 10.9 Å². The van der Waals surface area contributed by atoms with Crippen molar-refractivity contribution >= 4 is 28.6 Å². The molecule has 0 bridgehead atoms. The van der Waals surface area contributed by atoms with E-state index in [1.807, 2.05) is 67.1 Å². The number of halogens is 1. The van der Waals surface area contributed by atoms with E-state index in [0.717, 1.165) is 16.6 Å². The van der Waals surface area contributed by atoms with E-state index < -0.39 is 12.1 Å². The first-order valence-electron chi connectivity index (χ1n) is 8.91. The second-order valence-electron chi connectivity index (χ2n) is 6.58. The normalized spacial score (nSPS) is 12.2. The van der Waals surface area contributed by atoms with Gasteiger partial charge in [0.15, 0.2) is 11.9 Å². The van der Waals surface area contributed by atoms with Crippen molar-refractivity contribution in [2.24, 2.45) is 7.05 Å². The minimum Gasteiger partial charge on any atom is -0.451 e. The molecule has 0 radical (unpaired) electrons. The van der Waals surface area contributed by atoms with Crippen LogP contribution in [0.15, 0.2) is 60.9 Å². The van der Waals surface area contributed by atoms with E-state index in [0.29, 0.717) is 23.0 Å². The monoisotopic (exact) mass is 394 g/mol. The number of aryl methyl sites for hydroxylation is 1. The molecule has 0 aliphatic heterocycles. The number of hydrogen-bond acceptors (Lipinski definition) is 4. The lowest BCUT2D eigenvalue weighted by molar-refractivity contribution is 0.0315. The SMILES string of the molecule is C[C@H](OC(=O)c1cnn(Cc2ccccc2Cl)c1)c1nc2ccccc2n1C. The molecule has 0 aliphatic rings. The number of aromatic nitrogens is 4. The second kappa shape index (κ2) is 7.48. The zero-order chi connectivity index (χ0) is 19.7. The standard InChI is InChI=1S/C21H19ClN4O2/c1-14(20-24-18-9-5-6-10-19(18)25(20)2)28-21(27)16-11-23-26(13-16)12-15-7-3-4-8-17(15)22/h3-11,13-14H,12H2,1-2H3/t14-/m0/s1. The molecule has 1 atom stereocenters. The van der Waals surface area contributed by atoms with Gasteiger partial charge in [-0.3, -0.25) is 4.68 Å². The number of imidazole rings is 1. The molecule has 2 heterocycles. The number of rotatable bonds is 5. The van der Waals surface area contributed by atoms with Crippen molar-refractivity contribution in [3.63, 3.8) is 0 Å². The van der Waals surface area contributed by atoms with Gasteiger partial charge in [0.2, 0.25) is 0 Å². The number of hydrogen-bond donors (Lipinski definition) is 0. The van der Waals surface area contributed by atoms with Crippen LogP contribution in [-0.2, 0) is 18.3 Å². The quantitative estimate of drug-likeness (QED) is 0.471. The fourth-order valence-corrected chi connectivity index (χ4v) is 3.36. The van der Waals surface area contributed by atoms with Gasteiger partial charge in [0.05, 0.1) is 29.3 Å². The molecule has 4 rings (SSSR count). The molecule has 0 amide bonds. The smallest absolute Gasteiger partial charge is 0.342 e. The van der Waals surface area contributed by atoms with Crippen LogP contribution in [0.4, 0.5) is 0 Å². The van der Waals surface area contributed by atoms with Gasteiger partial charge < -0.3 is 9.30 Å². The van der Waals surface area contributed by atoms with Crippen LogP contribution in [0.25, 0.3) is 11.0 Å². The van der Waals surface area contributed by atoms with Crippen molar-refractivity contribution in [3.05, 3.63) is 82.9 Å². The number of ether oxygens (including phenoxy) is 1. The Morgan fingerprint density at radius 2 is 1.93 bits per heavy atom. The summed E-state index contributed by atoms with van der Waals surface area (Å²) in [6, 6.07) is 15.4. The van der Waals surface area contributed by atoms with Crippen molar-refractivity contribution in [2.75, 3.05) is 0 Å². The molecule has 2 aromatic carbocycles. The van der Waals surface area contributed by atoms with Crippen LogP contribution in [0.1, 0.15) is 34.8 Å². The first kappa shape index (κ1) is 18.3. The highest BCUT2D eigenvalue weighted by Gasteiger charge is 2.20. The molecule has 0 unspecified atom stereocenters. The van der Waals surface area contributed by atoms with Crippen molar-refractivity contribution in [3.8, 4) is 0 Å². The molecular weight excluding hydrogens is 376 g/mol. The molecular formula is C21H19ClN4O2. The van der Waals surface area contributed by atoms with Crippen molar-refractivity contribution in [2.45, 2.75) is 19.6 Å². The lowest BCUT2D eigenvalue weighted by Crippen LogP contribution is -2.12. The van der Waals surface area contributed by atoms with Crippen molar-refractivity contribution in [1.82, 2.24) is 19.3 Å². The molecule has 4 aromatic rings. The third-order valence-corrected chi connectivity index (χ3v) is 5.00. The summed E-state index contributed by atoms with van der Waals surface area (Å²) < 4.78 is 9.22. The first-order chi connectivity index (χ1) is 13.5. The highest BCUT2D eigenvalue weighted by Crippen LogP contribution is 2.23. The summed E-state index contributed by atoms with van der Waals surface area (Å²) in [4.78, 5) is 17.1. The summed E-state index contributed by atoms with van der Waals surface area (Å²) in [7, 11) is 1.91. The van der Waals surface area contributed by atoms with Gasteiger partial charge in [0, 0.05) is 18.3 Å². The van der Waals surface area contributed by atoms with Crippen LogP contribution in [0.5, 0.6) is 0 Å². The Morgan fingerprint density at radius 3 is 2.71 bits per heavy atom. The Hall–Kier alpha value is -3.12. The zero-order valence-electron chi connectivity index (χ0n) is 15.5.